The Bertz CT molecular complexity index is 719. The van der Waals surface area contributed by atoms with Crippen LogP contribution in [0.3, 0.4) is 0 Å². The molecule has 0 atom stereocenters. The van der Waals surface area contributed by atoms with Crippen molar-refractivity contribution in [1.29, 1.82) is 0 Å². The highest BCUT2D eigenvalue weighted by molar-refractivity contribution is 5.76. The number of nitrogens with zero attached hydrogens (tertiary/aromatic N) is 2. The van der Waals surface area contributed by atoms with Gasteiger partial charge in [0.2, 0.25) is 5.91 Å². The number of para-hydroxylation sites is 2. The van der Waals surface area contributed by atoms with Gasteiger partial charge >= 0.3 is 0 Å². The molecule has 7 heteroatoms. The molecule has 0 aliphatic rings. The van der Waals surface area contributed by atoms with E-state index in [-0.39, 0.29) is 30.4 Å². The Hall–Kier alpha value is -2.96. The van der Waals surface area contributed by atoms with E-state index in [1.165, 1.54) is 23.1 Å². The second-order valence-electron chi connectivity index (χ2n) is 5.33. The van der Waals surface area contributed by atoms with Crippen molar-refractivity contribution in [2.75, 3.05) is 18.9 Å². The third-order valence-corrected chi connectivity index (χ3v) is 3.51. The van der Waals surface area contributed by atoms with E-state index in [4.69, 9.17) is 0 Å². The average molecular weight is 331 g/mol. The summed E-state index contributed by atoms with van der Waals surface area (Å²) in [4.78, 5) is 24.1. The quantitative estimate of drug-likeness (QED) is 0.624. The number of carbonyl (C=O) groups excluding carboxylic acids is 1. The Kier molecular flexibility index (Phi) is 5.83. The summed E-state index contributed by atoms with van der Waals surface area (Å²) < 4.78 is 12.9. The number of hydrogen-bond donors (Lipinski definition) is 1. The van der Waals surface area contributed by atoms with Crippen LogP contribution >= 0.6 is 0 Å². The topological polar surface area (TPSA) is 75.5 Å². The molecule has 0 heterocycles. The summed E-state index contributed by atoms with van der Waals surface area (Å²) in [6, 6.07) is 12.3. The van der Waals surface area contributed by atoms with Gasteiger partial charge in [0.15, 0.2) is 0 Å². The first kappa shape index (κ1) is 17.4. The third kappa shape index (κ3) is 4.77. The van der Waals surface area contributed by atoms with Crippen molar-refractivity contribution < 1.29 is 14.1 Å². The zero-order valence-corrected chi connectivity index (χ0v) is 13.2. The highest BCUT2D eigenvalue weighted by atomic mass is 19.1. The number of nitrogens with one attached hydrogen (secondary N) is 1. The van der Waals surface area contributed by atoms with Crippen molar-refractivity contribution in [2.24, 2.45) is 0 Å². The van der Waals surface area contributed by atoms with E-state index in [1.54, 1.807) is 37.4 Å². The fraction of sp³-hybridized carbons (Fsp3) is 0.235. The number of anilines is 1. The lowest BCUT2D eigenvalue weighted by atomic mass is 10.2. The molecule has 2 rings (SSSR count). The summed E-state index contributed by atoms with van der Waals surface area (Å²) in [7, 11) is 1.66. The van der Waals surface area contributed by atoms with Crippen molar-refractivity contribution >= 4 is 17.3 Å². The Morgan fingerprint density at radius 3 is 2.54 bits per heavy atom. The fourth-order valence-corrected chi connectivity index (χ4v) is 2.23. The van der Waals surface area contributed by atoms with E-state index in [0.29, 0.717) is 12.2 Å². The van der Waals surface area contributed by atoms with Gasteiger partial charge in [-0.25, -0.2) is 4.39 Å². The number of nitro benzene ring substituents is 1. The van der Waals surface area contributed by atoms with E-state index in [9.17, 15) is 19.3 Å². The van der Waals surface area contributed by atoms with Gasteiger partial charge in [-0.2, -0.15) is 0 Å². The minimum atomic E-state index is -0.467. The first-order valence-electron chi connectivity index (χ1n) is 7.43. The summed E-state index contributed by atoms with van der Waals surface area (Å²) >= 11 is 0. The standard InChI is InChI=1S/C17H18FN3O3/c1-20(12-13-6-8-14(18)9-7-13)17(22)10-11-19-15-4-2-3-5-16(15)21(23)24/h2-9,19H,10-12H2,1H3. The Morgan fingerprint density at radius 2 is 1.88 bits per heavy atom. The molecule has 0 bridgehead atoms. The maximum Gasteiger partial charge on any atom is 0.292 e. The van der Waals surface area contributed by atoms with Gasteiger partial charge in [0.05, 0.1) is 4.92 Å². The summed E-state index contributed by atoms with van der Waals surface area (Å²) in [6.07, 6.45) is 0.198. The lowest BCUT2D eigenvalue weighted by Crippen LogP contribution is -2.27. The molecule has 1 amide bonds. The lowest BCUT2D eigenvalue weighted by Gasteiger charge is -2.17. The highest BCUT2D eigenvalue weighted by Gasteiger charge is 2.13. The monoisotopic (exact) mass is 331 g/mol. The summed E-state index contributed by atoms with van der Waals surface area (Å²) in [5, 5.41) is 13.8. The van der Waals surface area contributed by atoms with Gasteiger partial charge in [-0.15, -0.1) is 0 Å². The largest absolute Gasteiger partial charge is 0.379 e. The van der Waals surface area contributed by atoms with Gasteiger partial charge in [0.1, 0.15) is 11.5 Å². The minimum Gasteiger partial charge on any atom is -0.379 e. The molecular weight excluding hydrogens is 313 g/mol. The van der Waals surface area contributed by atoms with Crippen LogP contribution in [0, 0.1) is 15.9 Å². The summed E-state index contributed by atoms with van der Waals surface area (Å²) in [6.45, 7) is 0.669. The number of hydrogen-bond acceptors (Lipinski definition) is 4. The van der Waals surface area contributed by atoms with Gasteiger partial charge in [-0.3, -0.25) is 14.9 Å². The molecule has 0 aliphatic carbocycles. The summed E-state index contributed by atoms with van der Waals surface area (Å²) in [5.41, 5.74) is 1.19. The maximum absolute atomic E-state index is 12.9. The van der Waals surface area contributed by atoms with E-state index in [1.807, 2.05) is 0 Å². The van der Waals surface area contributed by atoms with Crippen LogP contribution in [-0.4, -0.2) is 29.3 Å². The molecule has 24 heavy (non-hydrogen) atoms. The molecule has 0 aromatic heterocycles. The van der Waals surface area contributed by atoms with Crippen LogP contribution in [0.4, 0.5) is 15.8 Å². The predicted molar refractivity (Wildman–Crippen MR) is 89.1 cm³/mol. The molecule has 0 fully saturated rings. The molecule has 0 radical (unpaired) electrons. The highest BCUT2D eigenvalue weighted by Crippen LogP contribution is 2.22. The number of halogens is 1. The van der Waals surface area contributed by atoms with Crippen LogP contribution in [0.15, 0.2) is 48.5 Å². The number of nitro groups is 1. The van der Waals surface area contributed by atoms with Gasteiger partial charge in [-0.05, 0) is 23.8 Å². The van der Waals surface area contributed by atoms with Gasteiger partial charge in [-0.1, -0.05) is 24.3 Å². The second kappa shape index (κ2) is 8.05. The minimum absolute atomic E-state index is 0.0235. The van der Waals surface area contributed by atoms with Crippen LogP contribution in [0.25, 0.3) is 0 Å². The number of rotatable bonds is 7. The molecule has 0 spiro atoms. The van der Waals surface area contributed by atoms with Crippen LogP contribution < -0.4 is 5.32 Å². The van der Waals surface area contributed by atoms with Crippen LogP contribution in [0.5, 0.6) is 0 Å². The predicted octanol–water partition coefficient (Wildman–Crippen LogP) is 3.19. The number of benzene rings is 2. The van der Waals surface area contributed by atoms with E-state index in [0.717, 1.165) is 5.56 Å². The first-order chi connectivity index (χ1) is 11.5. The van der Waals surface area contributed by atoms with Gasteiger partial charge < -0.3 is 10.2 Å². The second-order valence-corrected chi connectivity index (χ2v) is 5.33. The molecule has 1 N–H and O–H groups in total. The SMILES string of the molecule is CN(Cc1ccc(F)cc1)C(=O)CCNc1ccccc1[N+](=O)[O-]. The molecule has 0 aliphatic heterocycles. The number of amides is 1. The van der Waals surface area contributed by atoms with Crippen LogP contribution in [0.2, 0.25) is 0 Å². The molecule has 2 aromatic carbocycles. The Balaban J connectivity index is 1.84. The zero-order valence-electron chi connectivity index (χ0n) is 13.2. The summed E-state index contributed by atoms with van der Waals surface area (Å²) in [5.74, 6) is -0.424. The van der Waals surface area contributed by atoms with E-state index in [2.05, 4.69) is 5.32 Å². The lowest BCUT2D eigenvalue weighted by molar-refractivity contribution is -0.384. The van der Waals surface area contributed by atoms with Gasteiger partial charge in [0, 0.05) is 32.6 Å². The molecular formula is C17H18FN3O3. The first-order valence-corrected chi connectivity index (χ1v) is 7.43. The van der Waals surface area contributed by atoms with Crippen molar-refractivity contribution in [2.45, 2.75) is 13.0 Å². The van der Waals surface area contributed by atoms with Crippen LogP contribution in [-0.2, 0) is 11.3 Å². The van der Waals surface area contributed by atoms with Crippen molar-refractivity contribution in [3.8, 4) is 0 Å². The van der Waals surface area contributed by atoms with Gasteiger partial charge in [0.25, 0.3) is 5.69 Å². The van der Waals surface area contributed by atoms with Crippen molar-refractivity contribution in [3.05, 3.63) is 70.0 Å². The zero-order chi connectivity index (χ0) is 17.5. The smallest absolute Gasteiger partial charge is 0.292 e. The molecule has 6 nitrogen and oxygen atoms in total. The molecule has 0 unspecified atom stereocenters. The normalized spacial score (nSPS) is 10.2. The Labute approximate surface area is 139 Å². The average Bonchev–Trinajstić information content (AvgIpc) is 2.57. The van der Waals surface area contributed by atoms with Crippen LogP contribution in [0.1, 0.15) is 12.0 Å². The third-order valence-electron chi connectivity index (χ3n) is 3.51. The fourth-order valence-electron chi connectivity index (χ4n) is 2.23. The van der Waals surface area contributed by atoms with Crippen molar-refractivity contribution in [3.63, 3.8) is 0 Å². The van der Waals surface area contributed by atoms with E-state index >= 15 is 0 Å². The maximum atomic E-state index is 12.9. The molecule has 126 valence electrons. The number of carbonyl (C=O) groups is 1. The molecule has 2 aromatic rings. The molecule has 0 saturated carbocycles. The van der Waals surface area contributed by atoms with E-state index < -0.39 is 4.92 Å². The molecule has 0 saturated heterocycles. The van der Waals surface area contributed by atoms with Crippen molar-refractivity contribution in [1.82, 2.24) is 4.90 Å². The Morgan fingerprint density at radius 1 is 1.21 bits per heavy atom.